The molecule has 0 aromatic rings. The van der Waals surface area contributed by atoms with Crippen LogP contribution in [0.3, 0.4) is 0 Å². The molecule has 3 nitrogen and oxygen atoms in total. The van der Waals surface area contributed by atoms with E-state index in [2.05, 4.69) is 13.8 Å². The first-order valence-electron chi connectivity index (χ1n) is 8.38. The van der Waals surface area contributed by atoms with Crippen molar-refractivity contribution in [1.82, 2.24) is 0 Å². The van der Waals surface area contributed by atoms with Crippen molar-refractivity contribution in [2.45, 2.75) is 103 Å². The van der Waals surface area contributed by atoms with Crippen LogP contribution in [0.4, 0.5) is 0 Å². The van der Waals surface area contributed by atoms with E-state index in [4.69, 9.17) is 17.2 Å². The maximum atomic E-state index is 6.08. The van der Waals surface area contributed by atoms with Crippen LogP contribution in [0.25, 0.3) is 0 Å². The predicted octanol–water partition coefficient (Wildman–Crippen LogP) is 3.65. The van der Waals surface area contributed by atoms with E-state index in [0.717, 1.165) is 25.7 Å². The maximum Gasteiger partial charge on any atom is 0.0792 e. The van der Waals surface area contributed by atoms with E-state index in [-0.39, 0.29) is 6.04 Å². The molecule has 0 rings (SSSR count). The molecular formula is C16H37N3. The van der Waals surface area contributed by atoms with Crippen molar-refractivity contribution in [3.63, 3.8) is 0 Å². The summed E-state index contributed by atoms with van der Waals surface area (Å²) in [6, 6.07) is -0.0583. The van der Waals surface area contributed by atoms with Crippen molar-refractivity contribution in [3.8, 4) is 0 Å². The van der Waals surface area contributed by atoms with E-state index in [0.29, 0.717) is 0 Å². The Labute approximate surface area is 120 Å². The first kappa shape index (κ1) is 18.9. The van der Waals surface area contributed by atoms with Crippen molar-refractivity contribution in [3.05, 3.63) is 0 Å². The molecule has 19 heavy (non-hydrogen) atoms. The summed E-state index contributed by atoms with van der Waals surface area (Å²) in [6.45, 7) is 4.36. The average Bonchev–Trinajstić information content (AvgIpc) is 2.36. The van der Waals surface area contributed by atoms with Gasteiger partial charge in [0, 0.05) is 6.04 Å². The molecule has 0 aromatic carbocycles. The van der Waals surface area contributed by atoms with Gasteiger partial charge in [0.2, 0.25) is 0 Å². The van der Waals surface area contributed by atoms with Gasteiger partial charge in [-0.2, -0.15) is 0 Å². The van der Waals surface area contributed by atoms with Gasteiger partial charge in [-0.25, -0.2) is 0 Å². The zero-order valence-corrected chi connectivity index (χ0v) is 13.3. The predicted molar refractivity (Wildman–Crippen MR) is 85.8 cm³/mol. The quantitative estimate of drug-likeness (QED) is 0.353. The van der Waals surface area contributed by atoms with Gasteiger partial charge in [0.15, 0.2) is 0 Å². The molecule has 0 fully saturated rings. The lowest BCUT2D eigenvalue weighted by Gasteiger charge is -2.31. The highest BCUT2D eigenvalue weighted by Crippen LogP contribution is 2.15. The first-order chi connectivity index (χ1) is 9.04. The Hall–Kier alpha value is -0.120. The minimum atomic E-state index is -0.672. The fourth-order valence-corrected chi connectivity index (χ4v) is 2.56. The highest BCUT2D eigenvalue weighted by atomic mass is 15.0. The van der Waals surface area contributed by atoms with E-state index in [1.807, 2.05) is 0 Å². The summed E-state index contributed by atoms with van der Waals surface area (Å²) < 4.78 is 0. The SMILES string of the molecule is CCCCCCCCCCCC(N)C(N)(N)CCC. The molecule has 0 aliphatic rings. The van der Waals surface area contributed by atoms with Gasteiger partial charge in [0.1, 0.15) is 0 Å². The molecule has 0 saturated carbocycles. The normalized spacial score (nSPS) is 13.7. The van der Waals surface area contributed by atoms with Gasteiger partial charge < -0.3 is 17.2 Å². The fourth-order valence-electron chi connectivity index (χ4n) is 2.56. The molecular weight excluding hydrogens is 234 g/mol. The standard InChI is InChI=1S/C16H37N3/c1-3-5-6-7-8-9-10-11-12-13-15(17)16(18,19)14-4-2/h15H,3-14,17-19H2,1-2H3. The molecule has 1 unspecified atom stereocenters. The Kier molecular flexibility index (Phi) is 11.6. The van der Waals surface area contributed by atoms with Crippen LogP contribution < -0.4 is 17.2 Å². The van der Waals surface area contributed by atoms with Gasteiger partial charge in [0.05, 0.1) is 5.66 Å². The second-order valence-corrected chi connectivity index (χ2v) is 6.09. The van der Waals surface area contributed by atoms with Crippen LogP contribution in [-0.4, -0.2) is 11.7 Å². The number of hydrogen-bond donors (Lipinski definition) is 3. The Morgan fingerprint density at radius 3 is 1.68 bits per heavy atom. The molecule has 0 aromatic heterocycles. The molecule has 0 radical (unpaired) electrons. The van der Waals surface area contributed by atoms with E-state index in [1.54, 1.807) is 0 Å². The van der Waals surface area contributed by atoms with Gasteiger partial charge in [-0.15, -0.1) is 0 Å². The zero-order valence-electron chi connectivity index (χ0n) is 13.3. The number of hydrogen-bond acceptors (Lipinski definition) is 3. The van der Waals surface area contributed by atoms with Gasteiger partial charge in [0.25, 0.3) is 0 Å². The highest BCUT2D eigenvalue weighted by Gasteiger charge is 2.25. The number of rotatable bonds is 13. The van der Waals surface area contributed by atoms with Crippen LogP contribution in [0.15, 0.2) is 0 Å². The molecule has 6 N–H and O–H groups in total. The second-order valence-electron chi connectivity index (χ2n) is 6.09. The summed E-state index contributed by atoms with van der Waals surface area (Å²) in [6.07, 6.45) is 14.8. The van der Waals surface area contributed by atoms with Gasteiger partial charge >= 0.3 is 0 Å². The fraction of sp³-hybridized carbons (Fsp3) is 1.00. The molecule has 3 heteroatoms. The molecule has 0 amide bonds. The van der Waals surface area contributed by atoms with Gasteiger partial charge in [-0.3, -0.25) is 0 Å². The Bertz CT molecular complexity index is 192. The Morgan fingerprint density at radius 1 is 0.737 bits per heavy atom. The van der Waals surface area contributed by atoms with E-state index < -0.39 is 5.66 Å². The van der Waals surface area contributed by atoms with Crippen LogP contribution in [0.1, 0.15) is 90.9 Å². The lowest BCUT2D eigenvalue weighted by Crippen LogP contribution is -2.62. The van der Waals surface area contributed by atoms with E-state index in [9.17, 15) is 0 Å². The molecule has 0 bridgehead atoms. The third-order valence-corrected chi connectivity index (χ3v) is 3.99. The third kappa shape index (κ3) is 10.3. The molecule has 0 heterocycles. The summed E-state index contributed by atoms with van der Waals surface area (Å²) >= 11 is 0. The van der Waals surface area contributed by atoms with Gasteiger partial charge in [-0.05, 0) is 12.8 Å². The van der Waals surface area contributed by atoms with Gasteiger partial charge in [-0.1, -0.05) is 78.1 Å². The molecule has 0 aliphatic heterocycles. The van der Waals surface area contributed by atoms with Crippen molar-refractivity contribution in [2.75, 3.05) is 0 Å². The minimum Gasteiger partial charge on any atom is -0.325 e. The second kappa shape index (κ2) is 11.7. The lowest BCUT2D eigenvalue weighted by atomic mass is 9.93. The summed E-state index contributed by atoms with van der Waals surface area (Å²) in [5.41, 5.74) is 17.5. The average molecular weight is 271 g/mol. The zero-order chi connectivity index (χ0) is 14.6. The molecule has 116 valence electrons. The van der Waals surface area contributed by atoms with Crippen LogP contribution in [0, 0.1) is 0 Å². The van der Waals surface area contributed by atoms with E-state index in [1.165, 1.54) is 51.4 Å². The topological polar surface area (TPSA) is 78.1 Å². The van der Waals surface area contributed by atoms with Crippen LogP contribution in [0.5, 0.6) is 0 Å². The van der Waals surface area contributed by atoms with Crippen molar-refractivity contribution < 1.29 is 0 Å². The van der Waals surface area contributed by atoms with E-state index >= 15 is 0 Å². The van der Waals surface area contributed by atoms with Crippen LogP contribution >= 0.6 is 0 Å². The molecule has 0 aliphatic carbocycles. The monoisotopic (exact) mass is 271 g/mol. The summed E-state index contributed by atoms with van der Waals surface area (Å²) in [5, 5.41) is 0. The first-order valence-corrected chi connectivity index (χ1v) is 8.38. The maximum absolute atomic E-state index is 6.08. The lowest BCUT2D eigenvalue weighted by molar-refractivity contribution is 0.307. The molecule has 1 atom stereocenters. The number of unbranched alkanes of at least 4 members (excludes halogenated alkanes) is 8. The van der Waals surface area contributed by atoms with Crippen molar-refractivity contribution >= 4 is 0 Å². The van der Waals surface area contributed by atoms with Crippen LogP contribution in [0.2, 0.25) is 0 Å². The third-order valence-electron chi connectivity index (χ3n) is 3.99. The molecule has 0 spiro atoms. The van der Waals surface area contributed by atoms with Crippen molar-refractivity contribution in [1.29, 1.82) is 0 Å². The molecule has 0 saturated heterocycles. The number of nitrogens with two attached hydrogens (primary N) is 3. The Morgan fingerprint density at radius 2 is 1.21 bits per heavy atom. The summed E-state index contributed by atoms with van der Waals surface area (Å²) in [5.74, 6) is 0. The minimum absolute atomic E-state index is 0.0583. The Balaban J connectivity index is 3.39. The largest absolute Gasteiger partial charge is 0.325 e. The van der Waals surface area contributed by atoms with Crippen LogP contribution in [-0.2, 0) is 0 Å². The summed E-state index contributed by atoms with van der Waals surface area (Å²) in [4.78, 5) is 0. The smallest absolute Gasteiger partial charge is 0.0792 e. The summed E-state index contributed by atoms with van der Waals surface area (Å²) in [7, 11) is 0. The highest BCUT2D eigenvalue weighted by molar-refractivity contribution is 4.87. The van der Waals surface area contributed by atoms with Crippen molar-refractivity contribution in [2.24, 2.45) is 17.2 Å².